The zero-order valence-electron chi connectivity index (χ0n) is 22.2. The minimum absolute atomic E-state index is 0.105. The number of rotatable bonds is 7. The fourth-order valence-electron chi connectivity index (χ4n) is 5.10. The van der Waals surface area contributed by atoms with E-state index in [0.29, 0.717) is 43.0 Å². The second-order valence-corrected chi connectivity index (χ2v) is 11.7. The molecule has 1 saturated heterocycles. The smallest absolute Gasteiger partial charge is 0.262 e. The van der Waals surface area contributed by atoms with Gasteiger partial charge in [0, 0.05) is 37.4 Å². The zero-order valence-corrected chi connectivity index (χ0v) is 23.1. The highest BCUT2D eigenvalue weighted by Crippen LogP contribution is 2.30. The van der Waals surface area contributed by atoms with Crippen molar-refractivity contribution in [2.75, 3.05) is 30.9 Å². The molecule has 4 aromatic rings. The van der Waals surface area contributed by atoms with Crippen LogP contribution < -0.4 is 4.72 Å². The molecule has 0 unspecified atom stereocenters. The maximum absolute atomic E-state index is 13.5. The van der Waals surface area contributed by atoms with Gasteiger partial charge < -0.3 is 4.90 Å². The van der Waals surface area contributed by atoms with Crippen LogP contribution in [-0.2, 0) is 10.0 Å². The van der Waals surface area contributed by atoms with E-state index in [4.69, 9.17) is 0 Å². The van der Waals surface area contributed by atoms with Crippen LogP contribution in [0.25, 0.3) is 0 Å². The van der Waals surface area contributed by atoms with Crippen LogP contribution in [0.4, 0.5) is 5.69 Å². The van der Waals surface area contributed by atoms with Gasteiger partial charge >= 0.3 is 0 Å². The fraction of sp³-hybridized carbons (Fsp3) is 0.219. The summed E-state index contributed by atoms with van der Waals surface area (Å²) in [6.07, 6.45) is 0. The van der Waals surface area contributed by atoms with Crippen molar-refractivity contribution in [2.24, 2.45) is 0 Å². The van der Waals surface area contributed by atoms with Crippen molar-refractivity contribution in [1.82, 2.24) is 9.80 Å². The van der Waals surface area contributed by atoms with Crippen LogP contribution in [0.2, 0.25) is 0 Å². The summed E-state index contributed by atoms with van der Waals surface area (Å²) < 4.78 is 29.0. The van der Waals surface area contributed by atoms with Crippen LogP contribution in [-0.4, -0.2) is 50.3 Å². The van der Waals surface area contributed by atoms with Gasteiger partial charge in [0.05, 0.1) is 10.9 Å². The molecule has 4 aromatic carbocycles. The molecule has 0 saturated carbocycles. The summed E-state index contributed by atoms with van der Waals surface area (Å²) in [5, 5.41) is 0. The zero-order chi connectivity index (χ0) is 27.4. The van der Waals surface area contributed by atoms with Gasteiger partial charge in [-0.3, -0.25) is 14.4 Å². The monoisotopic (exact) mass is 539 g/mol. The van der Waals surface area contributed by atoms with Crippen molar-refractivity contribution in [3.05, 3.63) is 131 Å². The van der Waals surface area contributed by atoms with Crippen molar-refractivity contribution < 1.29 is 13.2 Å². The molecule has 39 heavy (non-hydrogen) atoms. The summed E-state index contributed by atoms with van der Waals surface area (Å²) in [5.74, 6) is -0.155. The number of hydrogen-bond acceptors (Lipinski definition) is 4. The van der Waals surface area contributed by atoms with E-state index in [1.165, 1.54) is 17.2 Å². The summed E-state index contributed by atoms with van der Waals surface area (Å²) in [7, 11) is -3.85. The molecule has 7 heteroatoms. The normalized spacial score (nSPS) is 14.4. The Hall–Kier alpha value is -3.94. The predicted molar refractivity (Wildman–Crippen MR) is 155 cm³/mol. The molecule has 0 radical (unpaired) electrons. The van der Waals surface area contributed by atoms with Gasteiger partial charge in [-0.2, -0.15) is 0 Å². The van der Waals surface area contributed by atoms with Gasteiger partial charge in [0.25, 0.3) is 15.9 Å². The third kappa shape index (κ3) is 6.05. The van der Waals surface area contributed by atoms with Crippen molar-refractivity contribution in [3.63, 3.8) is 0 Å². The van der Waals surface area contributed by atoms with Crippen molar-refractivity contribution in [1.29, 1.82) is 0 Å². The summed E-state index contributed by atoms with van der Waals surface area (Å²) >= 11 is 0. The molecule has 5 rings (SSSR count). The van der Waals surface area contributed by atoms with Crippen LogP contribution in [0.3, 0.4) is 0 Å². The lowest BCUT2D eigenvalue weighted by Crippen LogP contribution is -2.49. The van der Waals surface area contributed by atoms with E-state index in [0.717, 1.165) is 5.56 Å². The Balaban J connectivity index is 1.32. The van der Waals surface area contributed by atoms with Gasteiger partial charge in [-0.05, 0) is 54.8 Å². The van der Waals surface area contributed by atoms with Crippen LogP contribution in [0.1, 0.15) is 38.7 Å². The Morgan fingerprint density at radius 3 is 1.87 bits per heavy atom. The first-order valence-electron chi connectivity index (χ1n) is 13.2. The van der Waals surface area contributed by atoms with Gasteiger partial charge in [-0.1, -0.05) is 84.4 Å². The van der Waals surface area contributed by atoms with Crippen molar-refractivity contribution in [2.45, 2.75) is 24.8 Å². The highest BCUT2D eigenvalue weighted by atomic mass is 32.2. The van der Waals surface area contributed by atoms with E-state index in [2.05, 4.69) is 58.2 Å². The van der Waals surface area contributed by atoms with Gasteiger partial charge in [0.2, 0.25) is 0 Å². The number of aryl methyl sites for hydroxylation is 2. The molecule has 0 atom stereocenters. The average molecular weight is 540 g/mol. The highest BCUT2D eigenvalue weighted by molar-refractivity contribution is 7.92. The number of carbonyl (C=O) groups is 1. The summed E-state index contributed by atoms with van der Waals surface area (Å²) in [6.45, 7) is 6.24. The first-order chi connectivity index (χ1) is 18.8. The number of benzene rings is 4. The third-order valence-corrected chi connectivity index (χ3v) is 8.75. The molecule has 1 heterocycles. The summed E-state index contributed by atoms with van der Waals surface area (Å²) in [6, 6.07) is 33.0. The maximum atomic E-state index is 13.5. The molecule has 6 nitrogen and oxygen atoms in total. The van der Waals surface area contributed by atoms with E-state index in [9.17, 15) is 13.2 Å². The fourth-order valence-corrected chi connectivity index (χ4v) is 6.44. The lowest BCUT2D eigenvalue weighted by atomic mass is 9.96. The highest BCUT2D eigenvalue weighted by Gasteiger charge is 2.29. The molecule has 1 N–H and O–H groups in total. The molecule has 200 valence electrons. The van der Waals surface area contributed by atoms with Crippen molar-refractivity contribution in [3.8, 4) is 0 Å². The van der Waals surface area contributed by atoms with Crippen LogP contribution in [0, 0.1) is 13.8 Å². The molecule has 0 bridgehead atoms. The molecule has 1 amide bonds. The number of nitrogens with one attached hydrogen (secondary N) is 1. The molecule has 0 aromatic heterocycles. The van der Waals surface area contributed by atoms with Gasteiger partial charge in [0.15, 0.2) is 0 Å². The number of nitrogens with zero attached hydrogens (tertiary/aromatic N) is 2. The number of sulfonamides is 1. The first kappa shape index (κ1) is 26.7. The third-order valence-electron chi connectivity index (χ3n) is 7.23. The molecule has 0 aliphatic carbocycles. The Morgan fingerprint density at radius 1 is 0.744 bits per heavy atom. The molecule has 0 spiro atoms. The maximum Gasteiger partial charge on any atom is 0.262 e. The summed E-state index contributed by atoms with van der Waals surface area (Å²) in [5.41, 5.74) is 4.93. The Bertz CT molecular complexity index is 1490. The topological polar surface area (TPSA) is 69.7 Å². The Morgan fingerprint density at radius 2 is 1.31 bits per heavy atom. The van der Waals surface area contributed by atoms with E-state index in [-0.39, 0.29) is 16.8 Å². The molecule has 1 aliphatic rings. The number of anilines is 1. The van der Waals surface area contributed by atoms with Crippen molar-refractivity contribution >= 4 is 21.6 Å². The standard InChI is InChI=1S/C32H33N3O3S/c1-24-13-17-29(18-14-24)33-39(37,38)30-23-28(16-15-25(30)2)32(36)35-21-19-34(20-22-35)31(26-9-5-3-6-10-26)27-11-7-4-8-12-27/h3-18,23,31,33H,19-22H2,1-2H3. The SMILES string of the molecule is Cc1ccc(NS(=O)(=O)c2cc(C(=O)N3CCN(C(c4ccccc4)c4ccccc4)CC3)ccc2C)cc1. The Kier molecular flexibility index (Phi) is 7.82. The molecule has 1 aliphatic heterocycles. The number of piperazine rings is 1. The average Bonchev–Trinajstić information content (AvgIpc) is 2.96. The van der Waals surface area contributed by atoms with E-state index < -0.39 is 10.0 Å². The van der Waals surface area contributed by atoms with E-state index in [1.807, 2.05) is 36.1 Å². The molecule has 1 fully saturated rings. The molecular weight excluding hydrogens is 506 g/mol. The minimum atomic E-state index is -3.85. The van der Waals surface area contributed by atoms with Gasteiger partial charge in [0.1, 0.15) is 0 Å². The number of hydrogen-bond donors (Lipinski definition) is 1. The first-order valence-corrected chi connectivity index (χ1v) is 14.6. The van der Waals surface area contributed by atoms with Crippen LogP contribution >= 0.6 is 0 Å². The second-order valence-electron chi connectivity index (χ2n) is 10.0. The lowest BCUT2D eigenvalue weighted by Gasteiger charge is -2.40. The Labute approximate surface area is 231 Å². The van der Waals surface area contributed by atoms with E-state index >= 15 is 0 Å². The second kappa shape index (κ2) is 11.4. The van der Waals surface area contributed by atoms with E-state index in [1.54, 1.807) is 31.2 Å². The number of amides is 1. The predicted octanol–water partition coefficient (Wildman–Crippen LogP) is 5.65. The quantitative estimate of drug-likeness (QED) is 0.329. The van der Waals surface area contributed by atoms with Gasteiger partial charge in [-0.25, -0.2) is 8.42 Å². The minimum Gasteiger partial charge on any atom is -0.336 e. The lowest BCUT2D eigenvalue weighted by molar-refractivity contribution is 0.0597. The largest absolute Gasteiger partial charge is 0.336 e. The number of carbonyl (C=O) groups excluding carboxylic acids is 1. The summed E-state index contributed by atoms with van der Waals surface area (Å²) in [4.78, 5) is 17.8. The van der Waals surface area contributed by atoms with Gasteiger partial charge in [-0.15, -0.1) is 0 Å². The van der Waals surface area contributed by atoms with Crippen LogP contribution in [0.15, 0.2) is 108 Å². The molecular formula is C32H33N3O3S. The van der Waals surface area contributed by atoms with Crippen LogP contribution in [0.5, 0.6) is 0 Å².